The molecule has 4 heteroatoms. The van der Waals surface area contributed by atoms with Gasteiger partial charge in [0.15, 0.2) is 0 Å². The van der Waals surface area contributed by atoms with E-state index >= 15 is 0 Å². The second-order valence-electron chi connectivity index (χ2n) is 2.73. The molecule has 0 atom stereocenters. The molecule has 1 amide bonds. The van der Waals surface area contributed by atoms with Gasteiger partial charge in [-0.3, -0.25) is 4.79 Å². The van der Waals surface area contributed by atoms with Gasteiger partial charge in [0.25, 0.3) is 5.91 Å². The molecule has 3 nitrogen and oxygen atoms in total. The van der Waals surface area contributed by atoms with Crippen molar-refractivity contribution in [2.24, 2.45) is 0 Å². The van der Waals surface area contributed by atoms with Crippen LogP contribution in [0.25, 0.3) is 0 Å². The second-order valence-corrected chi connectivity index (χ2v) is 3.99. The second kappa shape index (κ2) is 4.68. The summed E-state index contributed by atoms with van der Waals surface area (Å²) in [6, 6.07) is 1.69. The van der Waals surface area contributed by atoms with E-state index in [4.69, 9.17) is 5.73 Å². The summed E-state index contributed by atoms with van der Waals surface area (Å²) in [6.07, 6.45) is 0. The Morgan fingerprint density at radius 1 is 1.71 bits per heavy atom. The van der Waals surface area contributed by atoms with Gasteiger partial charge in [-0.2, -0.15) is 0 Å². The number of anilines is 1. The SMILES string of the molecule is CC#CCNC(=O)c1cc(N)c(C)s1. The molecular weight excluding hydrogens is 196 g/mol. The Bertz CT molecular complexity index is 378. The summed E-state index contributed by atoms with van der Waals surface area (Å²) in [5.74, 6) is 5.35. The number of nitrogens with two attached hydrogens (primary N) is 1. The number of nitrogens with one attached hydrogen (secondary N) is 1. The lowest BCUT2D eigenvalue weighted by atomic mass is 10.3. The maximum absolute atomic E-state index is 11.5. The molecule has 1 rings (SSSR count). The van der Waals surface area contributed by atoms with Crippen molar-refractivity contribution in [3.63, 3.8) is 0 Å². The van der Waals surface area contributed by atoms with Gasteiger partial charge in [0.2, 0.25) is 0 Å². The molecule has 74 valence electrons. The number of amides is 1. The molecule has 0 aromatic carbocycles. The largest absolute Gasteiger partial charge is 0.398 e. The van der Waals surface area contributed by atoms with Crippen LogP contribution in [-0.2, 0) is 0 Å². The van der Waals surface area contributed by atoms with Crippen molar-refractivity contribution in [3.05, 3.63) is 15.8 Å². The summed E-state index contributed by atoms with van der Waals surface area (Å²) in [4.78, 5) is 13.1. The van der Waals surface area contributed by atoms with Crippen LogP contribution < -0.4 is 11.1 Å². The third-order valence-corrected chi connectivity index (χ3v) is 2.76. The van der Waals surface area contributed by atoms with Crippen LogP contribution in [0.2, 0.25) is 0 Å². The molecule has 3 N–H and O–H groups in total. The van der Waals surface area contributed by atoms with E-state index in [-0.39, 0.29) is 5.91 Å². The molecule has 0 aliphatic heterocycles. The van der Waals surface area contributed by atoms with Gasteiger partial charge in [-0.05, 0) is 19.9 Å². The summed E-state index contributed by atoms with van der Waals surface area (Å²) in [5, 5.41) is 2.68. The Morgan fingerprint density at radius 2 is 2.43 bits per heavy atom. The fraction of sp³-hybridized carbons (Fsp3) is 0.300. The average molecular weight is 208 g/mol. The van der Waals surface area contributed by atoms with Crippen molar-refractivity contribution < 1.29 is 4.79 Å². The zero-order chi connectivity index (χ0) is 10.6. The molecule has 0 bridgehead atoms. The van der Waals surface area contributed by atoms with Crippen LogP contribution in [0.3, 0.4) is 0 Å². The van der Waals surface area contributed by atoms with E-state index in [2.05, 4.69) is 17.2 Å². The van der Waals surface area contributed by atoms with Crippen molar-refractivity contribution in [1.82, 2.24) is 5.32 Å². The van der Waals surface area contributed by atoms with Crippen LogP contribution in [0.15, 0.2) is 6.07 Å². The highest BCUT2D eigenvalue weighted by atomic mass is 32.1. The third kappa shape index (κ3) is 2.51. The van der Waals surface area contributed by atoms with Gasteiger partial charge >= 0.3 is 0 Å². The highest BCUT2D eigenvalue weighted by Gasteiger charge is 2.09. The fourth-order valence-corrected chi connectivity index (χ4v) is 1.77. The first-order chi connectivity index (χ1) is 6.65. The minimum Gasteiger partial charge on any atom is -0.398 e. The normalized spacial score (nSPS) is 9.00. The van der Waals surface area contributed by atoms with E-state index < -0.39 is 0 Å². The van der Waals surface area contributed by atoms with E-state index in [9.17, 15) is 4.79 Å². The first kappa shape index (κ1) is 10.6. The highest BCUT2D eigenvalue weighted by Crippen LogP contribution is 2.22. The Kier molecular flexibility index (Phi) is 3.55. The number of carbonyl (C=O) groups excluding carboxylic acids is 1. The number of hydrogen-bond acceptors (Lipinski definition) is 3. The number of aryl methyl sites for hydroxylation is 1. The number of thiophene rings is 1. The number of hydrogen-bond donors (Lipinski definition) is 2. The minimum atomic E-state index is -0.113. The predicted molar refractivity (Wildman–Crippen MR) is 59.3 cm³/mol. The Morgan fingerprint density at radius 3 is 2.93 bits per heavy atom. The molecule has 0 saturated carbocycles. The molecule has 0 aliphatic rings. The van der Waals surface area contributed by atoms with E-state index in [0.717, 1.165) is 4.88 Å². The van der Waals surface area contributed by atoms with Gasteiger partial charge in [-0.15, -0.1) is 17.3 Å². The zero-order valence-corrected chi connectivity index (χ0v) is 8.99. The van der Waals surface area contributed by atoms with Crippen molar-refractivity contribution in [1.29, 1.82) is 0 Å². The molecular formula is C10H12N2OS. The molecule has 0 saturated heterocycles. The Balaban J connectivity index is 2.64. The van der Waals surface area contributed by atoms with Crippen LogP contribution >= 0.6 is 11.3 Å². The average Bonchev–Trinajstić information content (AvgIpc) is 2.47. The lowest BCUT2D eigenvalue weighted by Crippen LogP contribution is -2.22. The van der Waals surface area contributed by atoms with Gasteiger partial charge in [-0.25, -0.2) is 0 Å². The first-order valence-electron chi connectivity index (χ1n) is 4.19. The molecule has 0 unspecified atom stereocenters. The summed E-state index contributed by atoms with van der Waals surface area (Å²) >= 11 is 1.40. The molecule has 0 spiro atoms. The van der Waals surface area contributed by atoms with Crippen molar-refractivity contribution >= 4 is 22.9 Å². The zero-order valence-electron chi connectivity index (χ0n) is 8.18. The molecule has 1 heterocycles. The van der Waals surface area contributed by atoms with E-state index in [1.165, 1.54) is 11.3 Å². The number of nitrogen functional groups attached to an aromatic ring is 1. The number of carbonyl (C=O) groups is 1. The smallest absolute Gasteiger partial charge is 0.262 e. The molecule has 0 aliphatic carbocycles. The summed E-state index contributed by atoms with van der Waals surface area (Å²) in [6.45, 7) is 4.01. The number of rotatable bonds is 2. The monoisotopic (exact) mass is 208 g/mol. The topological polar surface area (TPSA) is 55.1 Å². The quantitative estimate of drug-likeness (QED) is 0.722. The third-order valence-electron chi connectivity index (χ3n) is 1.69. The Hall–Kier alpha value is -1.47. The van der Waals surface area contributed by atoms with Crippen molar-refractivity contribution in [3.8, 4) is 11.8 Å². The molecule has 0 radical (unpaired) electrons. The molecule has 1 aromatic heterocycles. The molecule has 1 aromatic rings. The van der Waals surface area contributed by atoms with Crippen molar-refractivity contribution in [2.75, 3.05) is 12.3 Å². The van der Waals surface area contributed by atoms with Crippen LogP contribution in [0.5, 0.6) is 0 Å². The Labute approximate surface area is 87.3 Å². The van der Waals surface area contributed by atoms with E-state index in [1.807, 2.05) is 6.92 Å². The highest BCUT2D eigenvalue weighted by molar-refractivity contribution is 7.14. The molecule has 14 heavy (non-hydrogen) atoms. The summed E-state index contributed by atoms with van der Waals surface area (Å²) in [7, 11) is 0. The first-order valence-corrected chi connectivity index (χ1v) is 5.00. The van der Waals surface area contributed by atoms with Gasteiger partial charge in [0.1, 0.15) is 0 Å². The van der Waals surface area contributed by atoms with Crippen LogP contribution in [0, 0.1) is 18.8 Å². The summed E-state index contributed by atoms with van der Waals surface area (Å²) < 4.78 is 0. The summed E-state index contributed by atoms with van der Waals surface area (Å²) in [5.41, 5.74) is 6.30. The van der Waals surface area contributed by atoms with Crippen LogP contribution in [-0.4, -0.2) is 12.5 Å². The standard InChI is InChI=1S/C10H12N2OS/c1-3-4-5-12-10(13)9-6-8(11)7(2)14-9/h6H,5,11H2,1-2H3,(H,12,13). The minimum absolute atomic E-state index is 0.113. The van der Waals surface area contributed by atoms with Gasteiger partial charge in [0, 0.05) is 10.6 Å². The van der Waals surface area contributed by atoms with Crippen LogP contribution in [0.4, 0.5) is 5.69 Å². The van der Waals surface area contributed by atoms with Gasteiger partial charge in [0.05, 0.1) is 11.4 Å². The lowest BCUT2D eigenvalue weighted by Gasteiger charge is -1.96. The predicted octanol–water partition coefficient (Wildman–Crippen LogP) is 1.39. The van der Waals surface area contributed by atoms with Crippen molar-refractivity contribution in [2.45, 2.75) is 13.8 Å². The lowest BCUT2D eigenvalue weighted by molar-refractivity contribution is 0.0963. The van der Waals surface area contributed by atoms with Gasteiger partial charge in [-0.1, -0.05) is 5.92 Å². The molecule has 0 fully saturated rings. The fourth-order valence-electron chi connectivity index (χ4n) is 0.908. The van der Waals surface area contributed by atoms with Crippen LogP contribution in [0.1, 0.15) is 21.5 Å². The van der Waals surface area contributed by atoms with E-state index in [1.54, 1.807) is 13.0 Å². The maximum atomic E-state index is 11.5. The maximum Gasteiger partial charge on any atom is 0.262 e. The van der Waals surface area contributed by atoms with E-state index in [0.29, 0.717) is 17.1 Å². The van der Waals surface area contributed by atoms with Gasteiger partial charge < -0.3 is 11.1 Å².